The Labute approximate surface area is 120 Å². The summed E-state index contributed by atoms with van der Waals surface area (Å²) < 4.78 is 19.4. The largest absolute Gasteiger partial charge is 0.393 e. The van der Waals surface area contributed by atoms with E-state index in [1.807, 2.05) is 22.6 Å². The number of nitrogens with zero attached hydrogens (tertiary/aromatic N) is 2. The Morgan fingerprint density at radius 3 is 2.89 bits per heavy atom. The summed E-state index contributed by atoms with van der Waals surface area (Å²) in [6.07, 6.45) is -1.98. The van der Waals surface area contributed by atoms with Crippen molar-refractivity contribution in [1.29, 1.82) is 0 Å². The number of nitrogens with two attached hydrogens (primary N) is 1. The van der Waals surface area contributed by atoms with E-state index in [0.29, 0.717) is 3.57 Å². The van der Waals surface area contributed by atoms with Gasteiger partial charge >= 0.3 is 5.69 Å². The van der Waals surface area contributed by atoms with E-state index >= 15 is 0 Å². The molecule has 0 bridgehead atoms. The summed E-state index contributed by atoms with van der Waals surface area (Å²) in [5.74, 6) is 0.0642. The molecule has 2 heterocycles. The molecule has 0 aromatic carbocycles. The molecule has 0 radical (unpaired) electrons. The Hall–Kier alpha value is -1.04. The van der Waals surface area contributed by atoms with E-state index in [9.17, 15) is 14.3 Å². The van der Waals surface area contributed by atoms with Crippen molar-refractivity contribution in [2.75, 3.05) is 12.3 Å². The molecule has 0 aliphatic carbocycles. The van der Waals surface area contributed by atoms with Gasteiger partial charge in [-0.2, -0.15) is 4.98 Å². The lowest BCUT2D eigenvalue weighted by Gasteiger charge is -2.17. The van der Waals surface area contributed by atoms with Crippen molar-refractivity contribution in [3.05, 3.63) is 32.2 Å². The lowest BCUT2D eigenvalue weighted by Crippen LogP contribution is -2.32. The van der Waals surface area contributed by atoms with Gasteiger partial charge in [0.25, 0.3) is 0 Å². The van der Waals surface area contributed by atoms with E-state index in [1.165, 1.54) is 6.20 Å². The number of aliphatic hydroxyl groups excluding tert-OH is 2. The van der Waals surface area contributed by atoms with Gasteiger partial charge in [0.15, 0.2) is 6.23 Å². The van der Waals surface area contributed by atoms with Crippen molar-refractivity contribution in [2.45, 2.75) is 18.4 Å². The molecule has 1 aliphatic heterocycles. The van der Waals surface area contributed by atoms with Crippen LogP contribution in [0.5, 0.6) is 0 Å². The van der Waals surface area contributed by atoms with Crippen molar-refractivity contribution >= 4 is 28.4 Å². The van der Waals surface area contributed by atoms with Gasteiger partial charge in [0, 0.05) is 11.8 Å². The minimum absolute atomic E-state index is 0.0642. The second-order valence-corrected chi connectivity index (χ2v) is 5.08. The van der Waals surface area contributed by atoms with Crippen LogP contribution in [-0.2, 0) is 4.74 Å². The van der Waals surface area contributed by atoms with Gasteiger partial charge in [-0.1, -0.05) is 0 Å². The third kappa shape index (κ3) is 2.50. The first-order valence-electron chi connectivity index (χ1n) is 5.28. The van der Waals surface area contributed by atoms with Crippen LogP contribution in [0.3, 0.4) is 0 Å². The number of aliphatic hydroxyl groups is 2. The number of nitrogen functional groups attached to an aromatic ring is 1. The molecule has 0 spiro atoms. The zero-order valence-electron chi connectivity index (χ0n) is 9.53. The fourth-order valence-electron chi connectivity index (χ4n) is 1.82. The van der Waals surface area contributed by atoms with Crippen molar-refractivity contribution < 1.29 is 19.3 Å². The van der Waals surface area contributed by atoms with Crippen LogP contribution in [0.1, 0.15) is 6.23 Å². The summed E-state index contributed by atoms with van der Waals surface area (Å²) in [5, 5.41) is 19.0. The number of halogens is 2. The Kier molecular flexibility index (Phi) is 4.18. The standard InChI is InChI=1S/C10H11FIN3O4/c11-1-4-6(3-16)19-9(7(4)17)15-2-5(12)8(13)14-10(15)18/h1-2,6-7,9,16-17H,3H2,(H2,13,14,18). The summed E-state index contributed by atoms with van der Waals surface area (Å²) in [5.41, 5.74) is 4.64. The molecule has 3 unspecified atom stereocenters. The molecule has 1 aliphatic rings. The molecule has 2 rings (SSSR count). The van der Waals surface area contributed by atoms with Gasteiger partial charge in [-0.3, -0.25) is 4.57 Å². The van der Waals surface area contributed by atoms with Gasteiger partial charge in [0.05, 0.1) is 16.5 Å². The predicted octanol–water partition coefficient (Wildman–Crippen LogP) is -0.466. The second-order valence-electron chi connectivity index (χ2n) is 3.92. The minimum Gasteiger partial charge on any atom is -0.393 e. The Morgan fingerprint density at radius 2 is 2.37 bits per heavy atom. The van der Waals surface area contributed by atoms with Gasteiger partial charge in [-0.05, 0) is 22.6 Å². The van der Waals surface area contributed by atoms with Crippen LogP contribution in [0.15, 0.2) is 22.9 Å². The number of hydrogen-bond donors (Lipinski definition) is 3. The maximum Gasteiger partial charge on any atom is 0.351 e. The van der Waals surface area contributed by atoms with E-state index in [2.05, 4.69) is 4.98 Å². The maximum absolute atomic E-state index is 12.7. The Bertz CT molecular complexity index is 576. The molecule has 19 heavy (non-hydrogen) atoms. The van der Waals surface area contributed by atoms with Crippen molar-refractivity contribution in [3.63, 3.8) is 0 Å². The van der Waals surface area contributed by atoms with Crippen LogP contribution in [0.2, 0.25) is 0 Å². The molecule has 0 saturated carbocycles. The number of aromatic nitrogens is 2. The van der Waals surface area contributed by atoms with E-state index in [1.54, 1.807) is 0 Å². The summed E-state index contributed by atoms with van der Waals surface area (Å²) in [7, 11) is 0. The van der Waals surface area contributed by atoms with Crippen LogP contribution in [0.4, 0.5) is 10.2 Å². The predicted molar refractivity (Wildman–Crippen MR) is 71.8 cm³/mol. The fraction of sp³-hybridized carbons (Fsp3) is 0.400. The molecular weight excluding hydrogens is 372 g/mol. The van der Waals surface area contributed by atoms with E-state index in [-0.39, 0.29) is 17.7 Å². The highest BCUT2D eigenvalue weighted by Gasteiger charge is 2.40. The van der Waals surface area contributed by atoms with Crippen LogP contribution in [-0.4, -0.2) is 38.6 Å². The average Bonchev–Trinajstić information content (AvgIpc) is 2.70. The van der Waals surface area contributed by atoms with Crippen molar-refractivity contribution in [3.8, 4) is 0 Å². The molecule has 1 fully saturated rings. The van der Waals surface area contributed by atoms with Crippen LogP contribution in [0, 0.1) is 3.57 Å². The fourth-order valence-corrected chi connectivity index (χ4v) is 2.24. The highest BCUT2D eigenvalue weighted by Crippen LogP contribution is 2.32. The topological polar surface area (TPSA) is 111 Å². The lowest BCUT2D eigenvalue weighted by atomic mass is 10.1. The highest BCUT2D eigenvalue weighted by atomic mass is 127. The molecule has 7 nitrogen and oxygen atoms in total. The van der Waals surface area contributed by atoms with Gasteiger partial charge < -0.3 is 20.7 Å². The van der Waals surface area contributed by atoms with Gasteiger partial charge in [0.2, 0.25) is 0 Å². The quantitative estimate of drug-likeness (QED) is 0.596. The molecular formula is C10H11FIN3O4. The smallest absolute Gasteiger partial charge is 0.351 e. The summed E-state index contributed by atoms with van der Waals surface area (Å²) in [6, 6.07) is 0. The third-order valence-corrected chi connectivity index (χ3v) is 3.62. The van der Waals surface area contributed by atoms with Crippen LogP contribution < -0.4 is 11.4 Å². The van der Waals surface area contributed by atoms with Crippen molar-refractivity contribution in [1.82, 2.24) is 9.55 Å². The van der Waals surface area contributed by atoms with E-state index < -0.39 is 30.7 Å². The molecule has 3 atom stereocenters. The highest BCUT2D eigenvalue weighted by molar-refractivity contribution is 14.1. The molecule has 104 valence electrons. The SMILES string of the molecule is Nc1nc(=O)n(C2OC(CO)C(=CF)C2O)cc1I. The summed E-state index contributed by atoms with van der Waals surface area (Å²) >= 11 is 1.87. The Balaban J connectivity index is 2.44. The zero-order valence-corrected chi connectivity index (χ0v) is 11.7. The second kappa shape index (κ2) is 5.53. The molecule has 9 heteroatoms. The van der Waals surface area contributed by atoms with Crippen LogP contribution >= 0.6 is 22.6 Å². The number of hydrogen-bond acceptors (Lipinski definition) is 6. The number of anilines is 1. The molecule has 4 N–H and O–H groups in total. The lowest BCUT2D eigenvalue weighted by molar-refractivity contribution is -0.0528. The van der Waals surface area contributed by atoms with Gasteiger partial charge in [0.1, 0.15) is 18.0 Å². The molecule has 1 aromatic heterocycles. The van der Waals surface area contributed by atoms with Gasteiger partial charge in [-0.15, -0.1) is 0 Å². The summed E-state index contributed by atoms with van der Waals surface area (Å²) in [6.45, 7) is -0.502. The Morgan fingerprint density at radius 1 is 1.68 bits per heavy atom. The summed E-state index contributed by atoms with van der Waals surface area (Å²) in [4.78, 5) is 15.3. The average molecular weight is 383 g/mol. The minimum atomic E-state index is -1.37. The zero-order chi connectivity index (χ0) is 14.2. The monoisotopic (exact) mass is 383 g/mol. The first kappa shape index (κ1) is 14.4. The van der Waals surface area contributed by atoms with Crippen LogP contribution in [0.25, 0.3) is 0 Å². The molecule has 0 amide bonds. The van der Waals surface area contributed by atoms with Crippen molar-refractivity contribution in [2.24, 2.45) is 0 Å². The molecule has 1 saturated heterocycles. The number of ether oxygens (including phenoxy) is 1. The molecule has 1 aromatic rings. The van der Waals surface area contributed by atoms with E-state index in [4.69, 9.17) is 15.6 Å². The third-order valence-electron chi connectivity index (χ3n) is 2.79. The normalized spacial score (nSPS) is 29.1. The van der Waals surface area contributed by atoms with E-state index in [0.717, 1.165) is 4.57 Å². The number of rotatable bonds is 2. The maximum atomic E-state index is 12.7. The first-order chi connectivity index (χ1) is 8.99. The first-order valence-corrected chi connectivity index (χ1v) is 6.36. The van der Waals surface area contributed by atoms with Gasteiger partial charge in [-0.25, -0.2) is 9.18 Å².